The van der Waals surface area contributed by atoms with Crippen LogP contribution in [0.5, 0.6) is 5.75 Å². The van der Waals surface area contributed by atoms with Gasteiger partial charge in [0.1, 0.15) is 11.3 Å². The maximum atomic E-state index is 12.6. The van der Waals surface area contributed by atoms with E-state index in [1.807, 2.05) is 13.8 Å². The van der Waals surface area contributed by atoms with Crippen molar-refractivity contribution in [1.82, 2.24) is 4.72 Å². The van der Waals surface area contributed by atoms with Crippen LogP contribution >= 0.6 is 0 Å². The molecule has 1 aromatic carbocycles. The maximum absolute atomic E-state index is 12.6. The molecule has 0 aromatic heterocycles. The summed E-state index contributed by atoms with van der Waals surface area (Å²) in [6.07, 6.45) is 2.45. The second kappa shape index (κ2) is 6.49. The van der Waals surface area contributed by atoms with Gasteiger partial charge in [0.25, 0.3) is 0 Å². The maximum Gasteiger partial charge on any atom is 0.241 e. The lowest BCUT2D eigenvalue weighted by Crippen LogP contribution is -2.55. The Morgan fingerprint density at radius 1 is 1.30 bits per heavy atom. The summed E-state index contributed by atoms with van der Waals surface area (Å²) >= 11 is 0. The number of hydrogen-bond donors (Lipinski definition) is 2. The van der Waals surface area contributed by atoms with E-state index in [1.54, 1.807) is 19.1 Å². The average Bonchev–Trinajstić information content (AvgIpc) is 2.89. The van der Waals surface area contributed by atoms with Gasteiger partial charge in [0.05, 0.1) is 11.0 Å². The molecule has 1 fully saturated rings. The first-order chi connectivity index (χ1) is 10.7. The molecule has 128 valence electrons. The predicted molar refractivity (Wildman–Crippen MR) is 87.7 cm³/mol. The number of ether oxygens (including phenoxy) is 1. The van der Waals surface area contributed by atoms with Gasteiger partial charge in [-0.3, -0.25) is 4.79 Å². The molecule has 0 aliphatic heterocycles. The molecule has 0 saturated heterocycles. The largest absolute Gasteiger partial charge is 0.491 e. The van der Waals surface area contributed by atoms with Crippen LogP contribution in [-0.2, 0) is 14.8 Å². The van der Waals surface area contributed by atoms with Crippen molar-refractivity contribution >= 4 is 15.9 Å². The van der Waals surface area contributed by atoms with Gasteiger partial charge in [-0.15, -0.1) is 0 Å². The average molecular weight is 340 g/mol. The van der Waals surface area contributed by atoms with Crippen LogP contribution in [0.2, 0.25) is 0 Å². The highest BCUT2D eigenvalue weighted by Gasteiger charge is 2.43. The number of benzene rings is 1. The number of carbonyl (C=O) groups excluding carboxylic acids is 1. The fraction of sp³-hybridized carbons (Fsp3) is 0.562. The Balaban J connectivity index is 2.29. The van der Waals surface area contributed by atoms with Crippen molar-refractivity contribution in [3.63, 3.8) is 0 Å². The van der Waals surface area contributed by atoms with E-state index in [1.165, 1.54) is 6.07 Å². The Morgan fingerprint density at radius 3 is 2.39 bits per heavy atom. The van der Waals surface area contributed by atoms with Gasteiger partial charge in [-0.2, -0.15) is 4.72 Å². The number of carbonyl (C=O) groups is 1. The minimum atomic E-state index is -3.82. The molecule has 6 nitrogen and oxygen atoms in total. The van der Waals surface area contributed by atoms with Gasteiger partial charge >= 0.3 is 0 Å². The van der Waals surface area contributed by atoms with Crippen LogP contribution in [0.3, 0.4) is 0 Å². The summed E-state index contributed by atoms with van der Waals surface area (Å²) < 4.78 is 33.4. The summed E-state index contributed by atoms with van der Waals surface area (Å²) in [5.74, 6) is 0.0273. The first-order valence-corrected chi connectivity index (χ1v) is 9.26. The zero-order valence-corrected chi connectivity index (χ0v) is 14.6. The van der Waals surface area contributed by atoms with Gasteiger partial charge in [-0.1, -0.05) is 12.8 Å². The van der Waals surface area contributed by atoms with E-state index in [0.717, 1.165) is 18.4 Å². The second-order valence-corrected chi connectivity index (χ2v) is 8.04. The molecule has 0 bridgehead atoms. The Morgan fingerprint density at radius 2 is 1.91 bits per heavy atom. The molecule has 0 spiro atoms. The molecule has 2 rings (SSSR count). The van der Waals surface area contributed by atoms with Gasteiger partial charge < -0.3 is 10.5 Å². The van der Waals surface area contributed by atoms with E-state index in [9.17, 15) is 13.2 Å². The van der Waals surface area contributed by atoms with Crippen molar-refractivity contribution in [2.45, 2.75) is 63.0 Å². The van der Waals surface area contributed by atoms with Gasteiger partial charge in [0.2, 0.25) is 15.9 Å². The Kier molecular flexibility index (Phi) is 5.01. The lowest BCUT2D eigenvalue weighted by molar-refractivity contribution is -0.123. The van der Waals surface area contributed by atoms with Gasteiger partial charge in [-0.25, -0.2) is 8.42 Å². The van der Waals surface area contributed by atoms with E-state index in [0.29, 0.717) is 18.6 Å². The van der Waals surface area contributed by atoms with Crippen molar-refractivity contribution in [3.8, 4) is 5.75 Å². The molecule has 1 saturated carbocycles. The second-order valence-electron chi connectivity index (χ2n) is 6.35. The molecule has 1 aliphatic rings. The van der Waals surface area contributed by atoms with E-state index in [-0.39, 0.29) is 11.0 Å². The van der Waals surface area contributed by atoms with Gasteiger partial charge in [0.15, 0.2) is 0 Å². The Bertz CT molecular complexity index is 692. The highest BCUT2D eigenvalue weighted by Crippen LogP contribution is 2.31. The van der Waals surface area contributed by atoms with Crippen LogP contribution in [0.1, 0.15) is 45.1 Å². The summed E-state index contributed by atoms with van der Waals surface area (Å²) in [5.41, 5.74) is 5.00. The summed E-state index contributed by atoms with van der Waals surface area (Å²) in [6, 6.07) is 4.66. The number of sulfonamides is 1. The number of aryl methyl sites for hydroxylation is 1. The van der Waals surface area contributed by atoms with Crippen molar-refractivity contribution in [1.29, 1.82) is 0 Å². The standard InChI is InChI=1S/C16H24N2O4S/c1-11(2)22-14-7-6-13(10-12(14)3)23(20,21)18-16(15(17)19)8-4-5-9-16/h6-7,10-11,18H,4-5,8-9H2,1-3H3,(H2,17,19). The zero-order valence-electron chi connectivity index (χ0n) is 13.8. The summed E-state index contributed by atoms with van der Waals surface area (Å²) in [5, 5.41) is 0. The Hall–Kier alpha value is -1.60. The molecule has 1 amide bonds. The quantitative estimate of drug-likeness (QED) is 0.825. The van der Waals surface area contributed by atoms with E-state index in [2.05, 4.69) is 4.72 Å². The molecular formula is C16H24N2O4S. The predicted octanol–water partition coefficient (Wildman–Crippen LogP) is 1.86. The number of nitrogens with two attached hydrogens (primary N) is 1. The third-order valence-corrected chi connectivity index (χ3v) is 5.61. The van der Waals surface area contributed by atoms with Gasteiger partial charge in [-0.05, 0) is 57.4 Å². The number of amides is 1. The summed E-state index contributed by atoms with van der Waals surface area (Å²) in [7, 11) is -3.82. The molecule has 1 aliphatic carbocycles. The third kappa shape index (κ3) is 3.84. The molecule has 23 heavy (non-hydrogen) atoms. The fourth-order valence-electron chi connectivity index (χ4n) is 2.87. The number of hydrogen-bond acceptors (Lipinski definition) is 4. The molecule has 1 aromatic rings. The van der Waals surface area contributed by atoms with Crippen LogP contribution < -0.4 is 15.2 Å². The van der Waals surface area contributed by atoms with E-state index < -0.39 is 21.5 Å². The van der Waals surface area contributed by atoms with Gasteiger partial charge in [0, 0.05) is 0 Å². The highest BCUT2D eigenvalue weighted by molar-refractivity contribution is 7.89. The smallest absolute Gasteiger partial charge is 0.241 e. The molecule has 0 radical (unpaired) electrons. The van der Waals surface area contributed by atoms with Crippen molar-refractivity contribution < 1.29 is 17.9 Å². The fourth-order valence-corrected chi connectivity index (χ4v) is 4.38. The summed E-state index contributed by atoms with van der Waals surface area (Å²) in [4.78, 5) is 11.9. The van der Waals surface area contributed by atoms with Crippen LogP contribution in [-0.4, -0.2) is 26.0 Å². The normalized spacial score (nSPS) is 17.4. The lowest BCUT2D eigenvalue weighted by Gasteiger charge is -2.26. The Labute approximate surface area is 137 Å². The number of rotatable bonds is 6. The SMILES string of the molecule is Cc1cc(S(=O)(=O)NC2(C(N)=O)CCCC2)ccc1OC(C)C. The lowest BCUT2D eigenvalue weighted by atomic mass is 9.99. The zero-order chi connectivity index (χ0) is 17.3. The van der Waals surface area contributed by atoms with Crippen LogP contribution in [0.25, 0.3) is 0 Å². The molecule has 0 heterocycles. The molecule has 7 heteroatoms. The minimum Gasteiger partial charge on any atom is -0.491 e. The first-order valence-electron chi connectivity index (χ1n) is 7.77. The van der Waals surface area contributed by atoms with Crippen LogP contribution in [0, 0.1) is 6.92 Å². The monoisotopic (exact) mass is 340 g/mol. The topological polar surface area (TPSA) is 98.5 Å². The molecule has 3 N–H and O–H groups in total. The highest BCUT2D eigenvalue weighted by atomic mass is 32.2. The van der Waals surface area contributed by atoms with E-state index >= 15 is 0 Å². The third-order valence-electron chi connectivity index (χ3n) is 4.08. The molecule has 0 atom stereocenters. The van der Waals surface area contributed by atoms with Crippen molar-refractivity contribution in [2.24, 2.45) is 5.73 Å². The van der Waals surface area contributed by atoms with Crippen molar-refractivity contribution in [2.75, 3.05) is 0 Å². The van der Waals surface area contributed by atoms with Crippen molar-refractivity contribution in [3.05, 3.63) is 23.8 Å². The minimum absolute atomic E-state index is 0.00546. The van der Waals surface area contributed by atoms with Crippen LogP contribution in [0.15, 0.2) is 23.1 Å². The first kappa shape index (κ1) is 17.7. The molecular weight excluding hydrogens is 316 g/mol. The number of primary amides is 1. The summed E-state index contributed by atoms with van der Waals surface area (Å²) in [6.45, 7) is 5.60. The molecule has 0 unspecified atom stereocenters. The van der Waals surface area contributed by atoms with Crippen LogP contribution in [0.4, 0.5) is 0 Å². The van der Waals surface area contributed by atoms with E-state index in [4.69, 9.17) is 10.5 Å². The number of nitrogens with one attached hydrogen (secondary N) is 1.